The first kappa shape index (κ1) is 30.6. The van der Waals surface area contributed by atoms with E-state index in [0.29, 0.717) is 16.7 Å². The number of amides is 2. The molecule has 2 aromatic rings. The number of nitrogens with zero attached hydrogens (tertiary/aromatic N) is 1. The molecule has 0 bridgehead atoms. The van der Waals surface area contributed by atoms with E-state index in [-0.39, 0.29) is 44.1 Å². The summed E-state index contributed by atoms with van der Waals surface area (Å²) in [5.74, 6) is -3.82. The Balaban J connectivity index is 1.85. The number of carbonyl (C=O) groups excluding carboxylic acids is 2. The Morgan fingerprint density at radius 3 is 2.41 bits per heavy atom. The fourth-order valence-corrected chi connectivity index (χ4v) is 4.43. The Labute approximate surface area is 223 Å². The molecule has 0 spiro atoms. The van der Waals surface area contributed by atoms with Crippen LogP contribution in [-0.2, 0) is 14.3 Å². The minimum Gasteiger partial charge on any atom is -0.444 e. The Bertz CT molecular complexity index is 1140. The molecule has 1 fully saturated rings. The highest BCUT2D eigenvalue weighted by Gasteiger charge is 2.40. The van der Waals surface area contributed by atoms with Crippen molar-refractivity contribution < 1.29 is 45.4 Å². The largest absolute Gasteiger partial charge is 0.444 e. The van der Waals surface area contributed by atoms with Gasteiger partial charge in [0.2, 0.25) is 17.7 Å². The van der Waals surface area contributed by atoms with Crippen LogP contribution >= 0.6 is 0 Å². The summed E-state index contributed by atoms with van der Waals surface area (Å²) in [6.45, 7) is 5.08. The molecule has 1 aliphatic rings. The molecule has 1 unspecified atom stereocenters. The summed E-state index contributed by atoms with van der Waals surface area (Å²) in [6, 6.07) is 3.20. The third kappa shape index (κ3) is 9.33. The highest BCUT2D eigenvalue weighted by Crippen LogP contribution is 2.42. The van der Waals surface area contributed by atoms with Gasteiger partial charge in [0, 0.05) is 26.4 Å². The molecule has 1 aliphatic carbocycles. The van der Waals surface area contributed by atoms with Crippen molar-refractivity contribution in [3.05, 3.63) is 29.7 Å². The number of halogens is 5. The van der Waals surface area contributed by atoms with Gasteiger partial charge in [0.15, 0.2) is 5.58 Å². The van der Waals surface area contributed by atoms with Crippen LogP contribution in [0.5, 0.6) is 0 Å². The maximum Gasteiger partial charge on any atom is 0.408 e. The summed E-state index contributed by atoms with van der Waals surface area (Å²) >= 11 is 0. The number of hydrogen-bond donors (Lipinski definition) is 2. The average Bonchev–Trinajstić information content (AvgIpc) is 3.23. The summed E-state index contributed by atoms with van der Waals surface area (Å²) in [6.07, 6.45) is -7.56. The van der Waals surface area contributed by atoms with E-state index in [1.165, 1.54) is 7.11 Å². The van der Waals surface area contributed by atoms with Crippen LogP contribution in [0.2, 0.25) is 0 Å². The van der Waals surface area contributed by atoms with Crippen LogP contribution in [0.3, 0.4) is 0 Å². The fraction of sp³-hybridized carbons (Fsp3) is 0.654. The molecule has 13 heteroatoms. The van der Waals surface area contributed by atoms with Crippen LogP contribution in [0, 0.1) is 5.92 Å². The zero-order valence-electron chi connectivity index (χ0n) is 22.3. The standard InChI is InChI=1S/C26H34F5N3O5/c1-24(2,3)39-23(36)34-21(15-7-10-25(27,28)11-8-15)22-33-17-13-16(5-6-19(17)38-22)18(14-37-4)32-20(35)9-12-26(29,30)31/h5-6,13,15,18,21H,7-12,14H2,1-4H3,(H,32,35)(H,34,36)/t18?,21-/m0/s1. The zero-order chi connectivity index (χ0) is 29.0. The SMILES string of the molecule is COCC(NC(=O)CCC(F)(F)F)c1ccc2oc([C@@H](NC(=O)OC(C)(C)C)C3CCC(F)(F)CC3)nc2c1. The highest BCUT2D eigenvalue weighted by molar-refractivity contribution is 5.77. The minimum atomic E-state index is -4.46. The molecule has 0 saturated heterocycles. The lowest BCUT2D eigenvalue weighted by molar-refractivity contribution is -0.144. The second-order valence-electron chi connectivity index (χ2n) is 10.8. The Morgan fingerprint density at radius 1 is 1.15 bits per heavy atom. The summed E-state index contributed by atoms with van der Waals surface area (Å²) in [5, 5.41) is 5.27. The third-order valence-corrected chi connectivity index (χ3v) is 6.31. The lowest BCUT2D eigenvalue weighted by atomic mass is 9.82. The molecule has 2 atom stereocenters. The second kappa shape index (κ2) is 12.1. The normalized spacial score (nSPS) is 18.0. The number of methoxy groups -OCH3 is 1. The van der Waals surface area contributed by atoms with Crippen molar-refractivity contribution in [2.75, 3.05) is 13.7 Å². The van der Waals surface area contributed by atoms with Gasteiger partial charge in [0.1, 0.15) is 17.2 Å². The number of hydrogen-bond acceptors (Lipinski definition) is 6. The van der Waals surface area contributed by atoms with E-state index in [1.807, 2.05) is 0 Å². The number of rotatable bonds is 9. The van der Waals surface area contributed by atoms with Crippen molar-refractivity contribution in [2.45, 2.75) is 89.1 Å². The number of alkyl carbamates (subject to hydrolysis) is 1. The molecule has 1 heterocycles. The summed E-state index contributed by atoms with van der Waals surface area (Å²) in [4.78, 5) is 29.2. The third-order valence-electron chi connectivity index (χ3n) is 6.31. The van der Waals surface area contributed by atoms with Crippen LogP contribution in [0.1, 0.15) is 82.8 Å². The van der Waals surface area contributed by atoms with E-state index in [4.69, 9.17) is 13.9 Å². The topological polar surface area (TPSA) is 103 Å². The molecule has 218 valence electrons. The lowest BCUT2D eigenvalue weighted by Gasteiger charge is -2.33. The molecule has 8 nitrogen and oxygen atoms in total. The summed E-state index contributed by atoms with van der Waals surface area (Å²) < 4.78 is 81.6. The number of ether oxygens (including phenoxy) is 2. The Kier molecular flexibility index (Phi) is 9.45. The molecule has 0 radical (unpaired) electrons. The van der Waals surface area contributed by atoms with Gasteiger partial charge in [-0.2, -0.15) is 13.2 Å². The van der Waals surface area contributed by atoms with Crippen molar-refractivity contribution in [2.24, 2.45) is 5.92 Å². The average molecular weight is 564 g/mol. The molecule has 0 aliphatic heterocycles. The molecule has 1 aromatic heterocycles. The molecule has 3 rings (SSSR count). The van der Waals surface area contributed by atoms with Crippen LogP contribution in [0.15, 0.2) is 22.6 Å². The smallest absolute Gasteiger partial charge is 0.408 e. The first-order valence-corrected chi connectivity index (χ1v) is 12.7. The van der Waals surface area contributed by atoms with E-state index < -0.39 is 54.6 Å². The van der Waals surface area contributed by atoms with Gasteiger partial charge in [-0.1, -0.05) is 6.07 Å². The predicted molar refractivity (Wildman–Crippen MR) is 131 cm³/mol. The number of fused-ring (bicyclic) bond motifs is 1. The van der Waals surface area contributed by atoms with Gasteiger partial charge < -0.3 is 24.5 Å². The van der Waals surface area contributed by atoms with Gasteiger partial charge in [-0.15, -0.1) is 0 Å². The summed E-state index contributed by atoms with van der Waals surface area (Å²) in [5.41, 5.74) is 0.417. The highest BCUT2D eigenvalue weighted by atomic mass is 19.4. The van der Waals surface area contributed by atoms with Gasteiger partial charge in [-0.25, -0.2) is 18.6 Å². The zero-order valence-corrected chi connectivity index (χ0v) is 22.3. The molecular formula is C26H34F5N3O5. The van der Waals surface area contributed by atoms with Gasteiger partial charge in [0.05, 0.1) is 19.1 Å². The number of alkyl halides is 5. The maximum atomic E-state index is 13.8. The maximum absolute atomic E-state index is 13.8. The number of benzene rings is 1. The summed E-state index contributed by atoms with van der Waals surface area (Å²) in [7, 11) is 1.39. The molecule has 1 aromatic carbocycles. The second-order valence-corrected chi connectivity index (χ2v) is 10.8. The van der Waals surface area contributed by atoms with E-state index in [0.717, 1.165) is 0 Å². The Morgan fingerprint density at radius 2 is 1.82 bits per heavy atom. The predicted octanol–water partition coefficient (Wildman–Crippen LogP) is 6.37. The first-order valence-electron chi connectivity index (χ1n) is 12.7. The molecular weight excluding hydrogens is 529 g/mol. The molecule has 2 amide bonds. The van der Waals surface area contributed by atoms with E-state index in [9.17, 15) is 31.5 Å². The number of carbonyl (C=O) groups is 2. The van der Waals surface area contributed by atoms with Crippen molar-refractivity contribution in [1.29, 1.82) is 0 Å². The number of oxazole rings is 1. The molecule has 2 N–H and O–H groups in total. The van der Waals surface area contributed by atoms with E-state index in [2.05, 4.69) is 15.6 Å². The van der Waals surface area contributed by atoms with Crippen molar-refractivity contribution in [3.8, 4) is 0 Å². The van der Waals surface area contributed by atoms with E-state index >= 15 is 0 Å². The van der Waals surface area contributed by atoms with Crippen LogP contribution in [-0.4, -0.2) is 48.4 Å². The number of aromatic nitrogens is 1. The molecule has 39 heavy (non-hydrogen) atoms. The van der Waals surface area contributed by atoms with Crippen molar-refractivity contribution in [3.63, 3.8) is 0 Å². The van der Waals surface area contributed by atoms with Crippen LogP contribution in [0.25, 0.3) is 11.1 Å². The van der Waals surface area contributed by atoms with Gasteiger partial charge in [-0.05, 0) is 57.2 Å². The number of nitrogens with one attached hydrogen (secondary N) is 2. The molecule has 1 saturated carbocycles. The van der Waals surface area contributed by atoms with Gasteiger partial charge in [0.25, 0.3) is 0 Å². The van der Waals surface area contributed by atoms with Gasteiger partial charge >= 0.3 is 12.3 Å². The van der Waals surface area contributed by atoms with Crippen molar-refractivity contribution >= 4 is 23.1 Å². The lowest BCUT2D eigenvalue weighted by Crippen LogP contribution is -2.40. The van der Waals surface area contributed by atoms with Crippen LogP contribution in [0.4, 0.5) is 26.7 Å². The first-order chi connectivity index (χ1) is 18.0. The Hall–Kier alpha value is -2.96. The monoisotopic (exact) mass is 563 g/mol. The van der Waals surface area contributed by atoms with Crippen LogP contribution < -0.4 is 10.6 Å². The van der Waals surface area contributed by atoms with E-state index in [1.54, 1.807) is 39.0 Å². The fourth-order valence-electron chi connectivity index (χ4n) is 4.43. The van der Waals surface area contributed by atoms with Gasteiger partial charge in [-0.3, -0.25) is 4.79 Å². The quantitative estimate of drug-likeness (QED) is 0.344. The van der Waals surface area contributed by atoms with Crippen molar-refractivity contribution in [1.82, 2.24) is 15.6 Å². The minimum absolute atomic E-state index is 0.00686.